The first-order valence-electron chi connectivity index (χ1n) is 9.48. The van der Waals surface area contributed by atoms with Crippen molar-refractivity contribution in [2.75, 3.05) is 53.4 Å². The highest BCUT2D eigenvalue weighted by atomic mass is 16.5. The Hall–Kier alpha value is -1.43. The van der Waals surface area contributed by atoms with Crippen LogP contribution in [-0.4, -0.2) is 80.1 Å². The summed E-state index contributed by atoms with van der Waals surface area (Å²) in [5, 5.41) is 0. The molecule has 2 saturated heterocycles. The van der Waals surface area contributed by atoms with E-state index in [1.807, 2.05) is 35.2 Å². The third kappa shape index (κ3) is 4.60. The predicted octanol–water partition coefficient (Wildman–Crippen LogP) is 2.00. The second-order valence-corrected chi connectivity index (χ2v) is 7.28. The molecule has 2 fully saturated rings. The Morgan fingerprint density at radius 1 is 1.12 bits per heavy atom. The van der Waals surface area contributed by atoms with Gasteiger partial charge in [0.15, 0.2) is 6.10 Å². The van der Waals surface area contributed by atoms with E-state index in [9.17, 15) is 4.79 Å². The molecule has 0 bridgehead atoms. The van der Waals surface area contributed by atoms with Crippen molar-refractivity contribution in [1.82, 2.24) is 14.7 Å². The van der Waals surface area contributed by atoms with Gasteiger partial charge in [-0.15, -0.1) is 0 Å². The molecule has 2 heterocycles. The van der Waals surface area contributed by atoms with Crippen LogP contribution in [0, 0.1) is 0 Å². The summed E-state index contributed by atoms with van der Waals surface area (Å²) in [6.07, 6.45) is 3.49. The first-order chi connectivity index (χ1) is 12.2. The van der Waals surface area contributed by atoms with E-state index in [4.69, 9.17) is 4.74 Å². The first kappa shape index (κ1) is 18.4. The summed E-state index contributed by atoms with van der Waals surface area (Å²) >= 11 is 0. The van der Waals surface area contributed by atoms with Crippen LogP contribution >= 0.6 is 0 Å². The summed E-state index contributed by atoms with van der Waals surface area (Å²) in [4.78, 5) is 19.8. The second kappa shape index (κ2) is 8.79. The van der Waals surface area contributed by atoms with Gasteiger partial charge < -0.3 is 14.5 Å². The van der Waals surface area contributed by atoms with Gasteiger partial charge in [-0.05, 0) is 32.0 Å². The molecule has 5 heteroatoms. The molecule has 0 radical (unpaired) electrons. The normalized spacial score (nSPS) is 24.2. The summed E-state index contributed by atoms with van der Waals surface area (Å²) in [5.74, 6) is 0.0862. The Morgan fingerprint density at radius 2 is 1.84 bits per heavy atom. The monoisotopic (exact) mass is 345 g/mol. The Balaban J connectivity index is 1.52. The lowest BCUT2D eigenvalue weighted by molar-refractivity contribution is -0.144. The molecule has 0 spiro atoms. The second-order valence-electron chi connectivity index (χ2n) is 7.28. The molecule has 2 aliphatic rings. The van der Waals surface area contributed by atoms with Crippen molar-refractivity contribution in [3.63, 3.8) is 0 Å². The lowest BCUT2D eigenvalue weighted by Gasteiger charge is -2.40. The van der Waals surface area contributed by atoms with E-state index in [0.717, 1.165) is 38.3 Å². The summed E-state index contributed by atoms with van der Waals surface area (Å²) in [6, 6.07) is 10.5. The van der Waals surface area contributed by atoms with Crippen molar-refractivity contribution < 1.29 is 9.53 Å². The van der Waals surface area contributed by atoms with Crippen molar-refractivity contribution >= 4 is 5.91 Å². The topological polar surface area (TPSA) is 36.0 Å². The van der Waals surface area contributed by atoms with Crippen molar-refractivity contribution in [3.05, 3.63) is 35.9 Å². The van der Waals surface area contributed by atoms with Crippen LogP contribution in [-0.2, 0) is 9.53 Å². The number of nitrogens with zero attached hydrogens (tertiary/aromatic N) is 3. The van der Waals surface area contributed by atoms with E-state index in [1.54, 1.807) is 7.11 Å². The lowest BCUT2D eigenvalue weighted by Crippen LogP contribution is -2.53. The van der Waals surface area contributed by atoms with E-state index >= 15 is 0 Å². The maximum Gasteiger partial charge on any atom is 0.256 e. The van der Waals surface area contributed by atoms with E-state index in [0.29, 0.717) is 6.04 Å². The summed E-state index contributed by atoms with van der Waals surface area (Å²) in [7, 11) is 3.86. The lowest BCUT2D eigenvalue weighted by atomic mass is 10.0. The van der Waals surface area contributed by atoms with Crippen molar-refractivity contribution in [2.24, 2.45) is 0 Å². The predicted molar refractivity (Wildman–Crippen MR) is 99.5 cm³/mol. The van der Waals surface area contributed by atoms with Crippen LogP contribution in [0.5, 0.6) is 0 Å². The number of rotatable bonds is 5. The highest BCUT2D eigenvalue weighted by Crippen LogP contribution is 2.21. The van der Waals surface area contributed by atoms with Crippen molar-refractivity contribution in [2.45, 2.75) is 31.4 Å². The fraction of sp³-hybridized carbons (Fsp3) is 0.650. The number of benzene rings is 1. The molecule has 0 N–H and O–H groups in total. The Kier molecular flexibility index (Phi) is 6.45. The number of piperidine rings is 1. The molecule has 0 aliphatic carbocycles. The van der Waals surface area contributed by atoms with Crippen LogP contribution < -0.4 is 0 Å². The molecule has 1 aromatic carbocycles. The molecule has 0 unspecified atom stereocenters. The molecule has 1 amide bonds. The molecule has 2 aliphatic heterocycles. The van der Waals surface area contributed by atoms with Crippen LogP contribution in [0.2, 0.25) is 0 Å². The van der Waals surface area contributed by atoms with Crippen LogP contribution in [0.4, 0.5) is 0 Å². The number of hydrogen-bond acceptors (Lipinski definition) is 4. The molecule has 1 aromatic rings. The van der Waals surface area contributed by atoms with E-state index in [2.05, 4.69) is 16.8 Å². The van der Waals surface area contributed by atoms with Crippen molar-refractivity contribution in [3.8, 4) is 0 Å². The smallest absolute Gasteiger partial charge is 0.256 e. The summed E-state index contributed by atoms with van der Waals surface area (Å²) in [5.41, 5.74) is 0.932. The number of likely N-dealkylation sites (N-methyl/N-ethyl adjacent to an activating group) is 1. The number of ether oxygens (including phenoxy) is 1. The maximum absolute atomic E-state index is 12.9. The number of carbonyl (C=O) groups excluding carboxylic acids is 1. The van der Waals surface area contributed by atoms with Crippen LogP contribution in [0.3, 0.4) is 0 Å². The van der Waals surface area contributed by atoms with E-state index < -0.39 is 6.10 Å². The zero-order valence-corrected chi connectivity index (χ0v) is 15.6. The first-order valence-corrected chi connectivity index (χ1v) is 9.48. The SMILES string of the molecule is CO[C@@H](C(=O)N1CCN(C[C@H]2CCCCN2C)CC1)c1ccccc1. The quantitative estimate of drug-likeness (QED) is 0.818. The highest BCUT2D eigenvalue weighted by molar-refractivity contribution is 5.82. The Bertz CT molecular complexity index is 543. The molecule has 2 atom stereocenters. The molecule has 0 saturated carbocycles. The molecule has 138 valence electrons. The standard InChI is InChI=1S/C20H31N3O2/c1-21-11-7-6-10-18(21)16-22-12-14-23(15-13-22)20(24)19(25-2)17-8-4-3-5-9-17/h3-5,8-9,18-19H,6-7,10-16H2,1-2H3/t18-,19-/m1/s1. The van der Waals surface area contributed by atoms with Gasteiger partial charge in [0.1, 0.15) is 0 Å². The molecule has 5 nitrogen and oxygen atoms in total. The zero-order chi connectivity index (χ0) is 17.6. The minimum absolute atomic E-state index is 0.0862. The van der Waals surface area contributed by atoms with Crippen LogP contribution in [0.25, 0.3) is 0 Å². The van der Waals surface area contributed by atoms with Crippen molar-refractivity contribution in [1.29, 1.82) is 0 Å². The summed E-state index contributed by atoms with van der Waals surface area (Å²) < 4.78 is 5.50. The molecule has 0 aromatic heterocycles. The molecular weight excluding hydrogens is 314 g/mol. The van der Waals surface area contributed by atoms with Gasteiger partial charge in [0.2, 0.25) is 0 Å². The van der Waals surface area contributed by atoms with Crippen LogP contribution in [0.15, 0.2) is 30.3 Å². The van der Waals surface area contributed by atoms with Gasteiger partial charge in [-0.2, -0.15) is 0 Å². The van der Waals surface area contributed by atoms with Gasteiger partial charge in [-0.3, -0.25) is 9.69 Å². The van der Waals surface area contributed by atoms with Gasteiger partial charge in [-0.1, -0.05) is 36.8 Å². The zero-order valence-electron chi connectivity index (χ0n) is 15.6. The number of likely N-dealkylation sites (tertiary alicyclic amines) is 1. The molecule has 25 heavy (non-hydrogen) atoms. The number of amides is 1. The Morgan fingerprint density at radius 3 is 2.48 bits per heavy atom. The van der Waals surface area contributed by atoms with Gasteiger partial charge in [0.25, 0.3) is 5.91 Å². The summed E-state index contributed by atoms with van der Waals surface area (Å²) in [6.45, 7) is 5.85. The average molecular weight is 345 g/mol. The number of methoxy groups -OCH3 is 1. The number of carbonyl (C=O) groups is 1. The number of hydrogen-bond donors (Lipinski definition) is 0. The minimum atomic E-state index is -0.489. The molecular formula is C20H31N3O2. The van der Waals surface area contributed by atoms with Gasteiger partial charge in [0.05, 0.1) is 0 Å². The average Bonchev–Trinajstić information content (AvgIpc) is 2.66. The molecule has 3 rings (SSSR count). The largest absolute Gasteiger partial charge is 0.367 e. The van der Waals surface area contributed by atoms with Crippen LogP contribution in [0.1, 0.15) is 30.9 Å². The fourth-order valence-corrected chi connectivity index (χ4v) is 4.00. The minimum Gasteiger partial charge on any atom is -0.367 e. The maximum atomic E-state index is 12.9. The van der Waals surface area contributed by atoms with E-state index in [1.165, 1.54) is 25.8 Å². The van der Waals surface area contributed by atoms with Gasteiger partial charge in [-0.25, -0.2) is 0 Å². The third-order valence-corrected chi connectivity index (χ3v) is 5.64. The highest BCUT2D eigenvalue weighted by Gasteiger charge is 2.30. The number of piperazine rings is 1. The van der Waals surface area contributed by atoms with Gasteiger partial charge >= 0.3 is 0 Å². The Labute approximate surface area is 151 Å². The third-order valence-electron chi connectivity index (χ3n) is 5.64. The fourth-order valence-electron chi connectivity index (χ4n) is 4.00. The van der Waals surface area contributed by atoms with E-state index in [-0.39, 0.29) is 5.91 Å². The van der Waals surface area contributed by atoms with Gasteiger partial charge in [0, 0.05) is 45.9 Å².